The molecule has 0 saturated heterocycles. The Kier molecular flexibility index (Phi) is 14.4. The normalized spacial score (nSPS) is 12.9. The first-order chi connectivity index (χ1) is 7.81. The van der Waals surface area contributed by atoms with Gasteiger partial charge in [-0.15, -0.1) is 0 Å². The molecule has 0 fully saturated rings. The highest BCUT2D eigenvalue weighted by Crippen LogP contribution is 2.16. The van der Waals surface area contributed by atoms with E-state index in [-0.39, 0.29) is 0 Å². The van der Waals surface area contributed by atoms with Gasteiger partial charge in [0.15, 0.2) is 0 Å². The Morgan fingerprint density at radius 1 is 0.750 bits per heavy atom. The molecule has 0 heterocycles. The summed E-state index contributed by atoms with van der Waals surface area (Å²) in [7, 11) is 0. The molecule has 2 heteroatoms. The highest BCUT2D eigenvalue weighted by Gasteiger charge is 2.02. The van der Waals surface area contributed by atoms with Crippen molar-refractivity contribution >= 4 is 25.3 Å². The molecule has 0 aliphatic carbocycles. The van der Waals surface area contributed by atoms with Crippen molar-refractivity contribution in [1.29, 1.82) is 0 Å². The van der Waals surface area contributed by atoms with E-state index in [0.717, 1.165) is 5.75 Å². The van der Waals surface area contributed by atoms with Crippen LogP contribution in [0, 0.1) is 0 Å². The second-order valence-corrected chi connectivity index (χ2v) is 5.96. The van der Waals surface area contributed by atoms with Gasteiger partial charge in [0.25, 0.3) is 0 Å². The molecule has 98 valence electrons. The second kappa shape index (κ2) is 13.8. The van der Waals surface area contributed by atoms with Gasteiger partial charge in [-0.2, -0.15) is 25.3 Å². The summed E-state index contributed by atoms with van der Waals surface area (Å²) in [6, 6.07) is 0. The largest absolute Gasteiger partial charge is 0.179 e. The lowest BCUT2D eigenvalue weighted by atomic mass is 10.0. The molecule has 0 radical (unpaired) electrons. The van der Waals surface area contributed by atoms with Crippen molar-refractivity contribution in [3.05, 3.63) is 0 Å². The average Bonchev–Trinajstić information content (AvgIpc) is 2.29. The second-order valence-electron chi connectivity index (χ2n) is 4.78. The summed E-state index contributed by atoms with van der Waals surface area (Å²) >= 11 is 8.89. The standard InChI is InChI=1S/C14H30S2/c1-2-3-4-8-11-14(16)12-9-6-5-7-10-13-15/h14-16H,2-13H2,1H3. The van der Waals surface area contributed by atoms with Gasteiger partial charge in [-0.05, 0) is 25.0 Å². The van der Waals surface area contributed by atoms with E-state index in [9.17, 15) is 0 Å². The van der Waals surface area contributed by atoms with E-state index in [4.69, 9.17) is 0 Å². The summed E-state index contributed by atoms with van der Waals surface area (Å²) in [6.07, 6.45) is 14.9. The molecule has 0 aromatic heterocycles. The smallest absolute Gasteiger partial charge is 0.00168 e. The summed E-state index contributed by atoms with van der Waals surface area (Å²) in [5.41, 5.74) is 0. The van der Waals surface area contributed by atoms with Crippen LogP contribution in [0.2, 0.25) is 0 Å². The van der Waals surface area contributed by atoms with Crippen molar-refractivity contribution in [2.45, 2.75) is 82.8 Å². The van der Waals surface area contributed by atoms with Crippen LogP contribution < -0.4 is 0 Å². The third-order valence-electron chi connectivity index (χ3n) is 3.09. The Morgan fingerprint density at radius 3 is 1.81 bits per heavy atom. The summed E-state index contributed by atoms with van der Waals surface area (Å²) in [4.78, 5) is 0. The van der Waals surface area contributed by atoms with Gasteiger partial charge in [0.2, 0.25) is 0 Å². The van der Waals surface area contributed by atoms with E-state index in [1.165, 1.54) is 70.6 Å². The molecule has 1 atom stereocenters. The van der Waals surface area contributed by atoms with Gasteiger partial charge >= 0.3 is 0 Å². The fourth-order valence-electron chi connectivity index (χ4n) is 1.97. The molecule has 0 rings (SSSR count). The van der Waals surface area contributed by atoms with Gasteiger partial charge in [-0.3, -0.25) is 0 Å². The zero-order chi connectivity index (χ0) is 12.1. The van der Waals surface area contributed by atoms with Crippen LogP contribution in [-0.2, 0) is 0 Å². The lowest BCUT2D eigenvalue weighted by molar-refractivity contribution is 0.559. The predicted octanol–water partition coefficient (Wildman–Crippen LogP) is 5.53. The molecule has 0 aromatic rings. The average molecular weight is 263 g/mol. The molecule has 0 aliphatic heterocycles. The van der Waals surface area contributed by atoms with Crippen molar-refractivity contribution in [2.75, 3.05) is 5.75 Å². The van der Waals surface area contributed by atoms with Crippen LogP contribution in [-0.4, -0.2) is 11.0 Å². The lowest BCUT2D eigenvalue weighted by Gasteiger charge is -2.09. The SMILES string of the molecule is CCCCCCC(S)CCCCCCCS. The molecule has 0 amide bonds. The van der Waals surface area contributed by atoms with Crippen LogP contribution in [0.25, 0.3) is 0 Å². The third kappa shape index (κ3) is 12.8. The fraction of sp³-hybridized carbons (Fsp3) is 1.00. The maximum atomic E-state index is 4.66. The summed E-state index contributed by atoms with van der Waals surface area (Å²) in [5, 5.41) is 0.654. The molecular formula is C14H30S2. The molecule has 0 bridgehead atoms. The minimum atomic E-state index is 0.654. The fourth-order valence-corrected chi connectivity index (χ4v) is 2.56. The zero-order valence-electron chi connectivity index (χ0n) is 11.0. The van der Waals surface area contributed by atoms with Crippen LogP contribution in [0.4, 0.5) is 0 Å². The molecule has 1 unspecified atom stereocenters. The maximum Gasteiger partial charge on any atom is 0.00168 e. The third-order valence-corrected chi connectivity index (χ3v) is 3.92. The monoisotopic (exact) mass is 262 g/mol. The van der Waals surface area contributed by atoms with E-state index in [0.29, 0.717) is 5.25 Å². The van der Waals surface area contributed by atoms with Crippen LogP contribution in [0.3, 0.4) is 0 Å². The van der Waals surface area contributed by atoms with Crippen LogP contribution >= 0.6 is 25.3 Å². The highest BCUT2D eigenvalue weighted by atomic mass is 32.1. The Bertz CT molecular complexity index is 126. The van der Waals surface area contributed by atoms with Crippen molar-refractivity contribution in [1.82, 2.24) is 0 Å². The van der Waals surface area contributed by atoms with Gasteiger partial charge < -0.3 is 0 Å². The van der Waals surface area contributed by atoms with Crippen LogP contribution in [0.5, 0.6) is 0 Å². The Labute approximate surface area is 114 Å². The molecular weight excluding hydrogens is 232 g/mol. The minimum absolute atomic E-state index is 0.654. The number of rotatable bonds is 12. The van der Waals surface area contributed by atoms with E-state index in [1.807, 2.05) is 0 Å². The minimum Gasteiger partial charge on any atom is -0.179 e. The molecule has 0 aromatic carbocycles. The van der Waals surface area contributed by atoms with Crippen molar-refractivity contribution < 1.29 is 0 Å². The van der Waals surface area contributed by atoms with Crippen LogP contribution in [0.1, 0.15) is 77.6 Å². The summed E-state index contributed by atoms with van der Waals surface area (Å²) in [6.45, 7) is 2.27. The van der Waals surface area contributed by atoms with E-state index in [1.54, 1.807) is 0 Å². The number of thiol groups is 2. The molecule has 16 heavy (non-hydrogen) atoms. The highest BCUT2D eigenvalue weighted by molar-refractivity contribution is 7.81. The number of hydrogen-bond donors (Lipinski definition) is 2. The first-order valence-electron chi connectivity index (χ1n) is 7.10. The zero-order valence-corrected chi connectivity index (χ0v) is 12.7. The Balaban J connectivity index is 3.08. The summed E-state index contributed by atoms with van der Waals surface area (Å²) in [5.74, 6) is 1.05. The quantitative estimate of drug-likeness (QED) is 0.335. The van der Waals surface area contributed by atoms with Gasteiger partial charge in [-0.1, -0.05) is 58.3 Å². The lowest BCUT2D eigenvalue weighted by Crippen LogP contribution is -1.98. The number of hydrogen-bond acceptors (Lipinski definition) is 2. The maximum absolute atomic E-state index is 4.66. The topological polar surface area (TPSA) is 0 Å². The number of unbranched alkanes of at least 4 members (excludes halogenated alkanes) is 7. The van der Waals surface area contributed by atoms with Gasteiger partial charge in [0.05, 0.1) is 0 Å². The van der Waals surface area contributed by atoms with Gasteiger partial charge in [-0.25, -0.2) is 0 Å². The Hall–Kier alpha value is 0.700. The molecule has 0 saturated carbocycles. The molecule has 0 aliphatic rings. The Morgan fingerprint density at radius 2 is 1.25 bits per heavy atom. The van der Waals surface area contributed by atoms with Crippen molar-refractivity contribution in [3.8, 4) is 0 Å². The van der Waals surface area contributed by atoms with Crippen molar-refractivity contribution in [3.63, 3.8) is 0 Å². The van der Waals surface area contributed by atoms with Gasteiger partial charge in [0.1, 0.15) is 0 Å². The predicted molar refractivity (Wildman–Crippen MR) is 83.1 cm³/mol. The molecule has 0 N–H and O–H groups in total. The molecule has 0 nitrogen and oxygen atoms in total. The van der Waals surface area contributed by atoms with Crippen LogP contribution in [0.15, 0.2) is 0 Å². The first kappa shape index (κ1) is 16.7. The van der Waals surface area contributed by atoms with E-state index >= 15 is 0 Å². The van der Waals surface area contributed by atoms with E-state index in [2.05, 4.69) is 32.2 Å². The summed E-state index contributed by atoms with van der Waals surface area (Å²) < 4.78 is 0. The first-order valence-corrected chi connectivity index (χ1v) is 8.25. The van der Waals surface area contributed by atoms with Crippen molar-refractivity contribution in [2.24, 2.45) is 0 Å². The van der Waals surface area contributed by atoms with E-state index < -0.39 is 0 Å². The van der Waals surface area contributed by atoms with Gasteiger partial charge in [0, 0.05) is 5.25 Å². The molecule has 0 spiro atoms.